The molecule has 0 bridgehead atoms. The second kappa shape index (κ2) is 9.06. The third-order valence-electron chi connectivity index (χ3n) is 5.59. The van der Waals surface area contributed by atoms with Crippen LogP contribution < -0.4 is 5.46 Å². The zero-order chi connectivity index (χ0) is 19.2. The van der Waals surface area contributed by atoms with Crippen molar-refractivity contribution in [2.24, 2.45) is 5.92 Å². The van der Waals surface area contributed by atoms with Crippen LogP contribution in [-0.2, 0) is 9.31 Å². The highest BCUT2D eigenvalue weighted by atomic mass is 16.7. The van der Waals surface area contributed by atoms with Gasteiger partial charge >= 0.3 is 7.12 Å². The largest absolute Gasteiger partial charge is 0.495 e. The summed E-state index contributed by atoms with van der Waals surface area (Å²) in [7, 11) is -0.321. The van der Waals surface area contributed by atoms with Crippen molar-refractivity contribution in [1.82, 2.24) is 0 Å². The first-order valence-corrected chi connectivity index (χ1v) is 10.1. The van der Waals surface area contributed by atoms with E-state index in [4.69, 9.17) is 9.31 Å². The minimum absolute atomic E-state index is 0.317. The van der Waals surface area contributed by atoms with Gasteiger partial charge in [-0.15, -0.1) is 0 Å². The first-order valence-electron chi connectivity index (χ1n) is 10.1. The Bertz CT molecular complexity index is 615. The van der Waals surface area contributed by atoms with Crippen molar-refractivity contribution in [2.75, 3.05) is 0 Å². The first kappa shape index (κ1) is 21.0. The molecule has 0 radical (unpaired) electrons. The lowest BCUT2D eigenvalue weighted by Gasteiger charge is -2.32. The van der Waals surface area contributed by atoms with Crippen LogP contribution >= 0.6 is 0 Å². The van der Waals surface area contributed by atoms with E-state index in [2.05, 4.69) is 84.0 Å². The summed E-state index contributed by atoms with van der Waals surface area (Å²) in [5.74, 6) is 0.629. The molecular weight excluding hydrogens is 319 g/mol. The molecule has 1 aliphatic heterocycles. The van der Waals surface area contributed by atoms with Crippen molar-refractivity contribution in [2.45, 2.75) is 78.4 Å². The van der Waals surface area contributed by atoms with Gasteiger partial charge in [-0.2, -0.15) is 0 Å². The normalized spacial score (nSPS) is 20.3. The van der Waals surface area contributed by atoms with Crippen LogP contribution in [0.5, 0.6) is 0 Å². The second-order valence-corrected chi connectivity index (χ2v) is 8.43. The average molecular weight is 354 g/mol. The Labute approximate surface area is 160 Å². The van der Waals surface area contributed by atoms with E-state index in [1.807, 2.05) is 6.07 Å². The fourth-order valence-corrected chi connectivity index (χ4v) is 3.07. The van der Waals surface area contributed by atoms with Gasteiger partial charge in [0, 0.05) is 0 Å². The number of benzene rings is 1. The van der Waals surface area contributed by atoms with Crippen molar-refractivity contribution >= 4 is 18.7 Å². The predicted octanol–water partition coefficient (Wildman–Crippen LogP) is 5.77. The predicted molar refractivity (Wildman–Crippen MR) is 114 cm³/mol. The smallest absolute Gasteiger partial charge is 0.399 e. The maximum Gasteiger partial charge on any atom is 0.495 e. The summed E-state index contributed by atoms with van der Waals surface area (Å²) >= 11 is 0. The molecule has 0 spiro atoms. The SMILES string of the molecule is CCCCC[C@@H](C)/C=C/C=C/c1ccccc1B1OC(C)(C)C(C)(C)O1. The van der Waals surface area contributed by atoms with Crippen molar-refractivity contribution in [1.29, 1.82) is 0 Å². The number of hydrogen-bond acceptors (Lipinski definition) is 2. The number of rotatable bonds is 8. The molecule has 0 N–H and O–H groups in total. The van der Waals surface area contributed by atoms with Gasteiger partial charge in [-0.25, -0.2) is 0 Å². The van der Waals surface area contributed by atoms with Gasteiger partial charge in [-0.1, -0.05) is 81.7 Å². The molecule has 1 saturated heterocycles. The van der Waals surface area contributed by atoms with Crippen LogP contribution in [0.25, 0.3) is 6.08 Å². The van der Waals surface area contributed by atoms with Crippen LogP contribution in [0.1, 0.15) is 72.8 Å². The topological polar surface area (TPSA) is 18.5 Å². The Morgan fingerprint density at radius 3 is 2.31 bits per heavy atom. The Kier molecular flexibility index (Phi) is 7.31. The van der Waals surface area contributed by atoms with Crippen LogP contribution in [-0.4, -0.2) is 18.3 Å². The van der Waals surface area contributed by atoms with Gasteiger partial charge < -0.3 is 9.31 Å². The summed E-state index contributed by atoms with van der Waals surface area (Å²) in [5, 5.41) is 0. The average Bonchev–Trinajstić information content (AvgIpc) is 2.80. The van der Waals surface area contributed by atoms with E-state index in [0.29, 0.717) is 5.92 Å². The lowest BCUT2D eigenvalue weighted by molar-refractivity contribution is 0.00578. The van der Waals surface area contributed by atoms with Crippen molar-refractivity contribution in [3.8, 4) is 0 Å². The molecule has 142 valence electrons. The summed E-state index contributed by atoms with van der Waals surface area (Å²) in [6.07, 6.45) is 13.9. The summed E-state index contributed by atoms with van der Waals surface area (Å²) in [5.41, 5.74) is 1.60. The van der Waals surface area contributed by atoms with Crippen LogP contribution in [0.2, 0.25) is 0 Å². The molecule has 1 atom stereocenters. The molecule has 1 aromatic carbocycles. The molecule has 0 aliphatic carbocycles. The van der Waals surface area contributed by atoms with E-state index < -0.39 is 0 Å². The monoisotopic (exact) mass is 354 g/mol. The van der Waals surface area contributed by atoms with E-state index >= 15 is 0 Å². The number of hydrogen-bond donors (Lipinski definition) is 0. The second-order valence-electron chi connectivity index (χ2n) is 8.43. The highest BCUT2D eigenvalue weighted by Gasteiger charge is 2.52. The highest BCUT2D eigenvalue weighted by molar-refractivity contribution is 6.63. The molecule has 0 unspecified atom stereocenters. The summed E-state index contributed by atoms with van der Waals surface area (Å²) in [4.78, 5) is 0. The zero-order valence-corrected chi connectivity index (χ0v) is 17.4. The molecule has 0 aromatic heterocycles. The van der Waals surface area contributed by atoms with E-state index in [-0.39, 0.29) is 18.3 Å². The molecule has 0 amide bonds. The van der Waals surface area contributed by atoms with Gasteiger partial charge in [-0.3, -0.25) is 0 Å². The highest BCUT2D eigenvalue weighted by Crippen LogP contribution is 2.36. The maximum atomic E-state index is 6.22. The molecule has 3 heteroatoms. The van der Waals surface area contributed by atoms with Crippen molar-refractivity contribution in [3.63, 3.8) is 0 Å². The van der Waals surface area contributed by atoms with Crippen LogP contribution in [0.4, 0.5) is 0 Å². The Morgan fingerprint density at radius 1 is 1.00 bits per heavy atom. The van der Waals surface area contributed by atoms with Gasteiger partial charge in [0.2, 0.25) is 0 Å². The molecular formula is C23H35BO2. The summed E-state index contributed by atoms with van der Waals surface area (Å²) in [6, 6.07) is 8.32. The molecule has 2 rings (SSSR count). The first-order chi connectivity index (χ1) is 12.3. The van der Waals surface area contributed by atoms with Crippen molar-refractivity contribution < 1.29 is 9.31 Å². The Morgan fingerprint density at radius 2 is 1.65 bits per heavy atom. The van der Waals surface area contributed by atoms with Crippen LogP contribution in [0.15, 0.2) is 42.5 Å². The lowest BCUT2D eigenvalue weighted by atomic mass is 9.76. The van der Waals surface area contributed by atoms with Gasteiger partial charge in [0.15, 0.2) is 0 Å². The summed E-state index contributed by atoms with van der Waals surface area (Å²) < 4.78 is 12.4. The van der Waals surface area contributed by atoms with Gasteiger partial charge in [-0.05, 0) is 51.1 Å². The standard InChI is InChI=1S/C23H35BO2/c1-7-8-9-14-19(2)15-10-11-16-20-17-12-13-18-21(20)24-25-22(3,4)23(5,6)26-24/h10-13,15-19H,7-9,14H2,1-6H3/b15-10+,16-11+/t19-/m1/s1. The molecule has 1 fully saturated rings. The third-order valence-corrected chi connectivity index (χ3v) is 5.59. The van der Waals surface area contributed by atoms with E-state index in [9.17, 15) is 0 Å². The van der Waals surface area contributed by atoms with E-state index in [1.165, 1.54) is 25.7 Å². The Balaban J connectivity index is 2.04. The lowest BCUT2D eigenvalue weighted by Crippen LogP contribution is -2.41. The van der Waals surface area contributed by atoms with Crippen LogP contribution in [0, 0.1) is 5.92 Å². The molecule has 1 aliphatic rings. The van der Waals surface area contributed by atoms with E-state index in [1.54, 1.807) is 0 Å². The van der Waals surface area contributed by atoms with Gasteiger partial charge in [0.25, 0.3) is 0 Å². The fraction of sp³-hybridized carbons (Fsp3) is 0.565. The number of allylic oxidation sites excluding steroid dienone is 3. The fourth-order valence-electron chi connectivity index (χ4n) is 3.07. The minimum atomic E-state index is -0.321. The minimum Gasteiger partial charge on any atom is -0.399 e. The van der Waals surface area contributed by atoms with Gasteiger partial charge in [0.1, 0.15) is 0 Å². The number of unbranched alkanes of at least 4 members (excludes halogenated alkanes) is 2. The molecule has 1 aromatic rings. The van der Waals surface area contributed by atoms with Gasteiger partial charge in [0.05, 0.1) is 11.2 Å². The van der Waals surface area contributed by atoms with E-state index in [0.717, 1.165) is 11.0 Å². The Hall–Kier alpha value is -1.32. The summed E-state index contributed by atoms with van der Waals surface area (Å²) in [6.45, 7) is 12.9. The van der Waals surface area contributed by atoms with Crippen LogP contribution in [0.3, 0.4) is 0 Å². The zero-order valence-electron chi connectivity index (χ0n) is 17.4. The molecule has 1 heterocycles. The molecule has 2 nitrogen and oxygen atoms in total. The van der Waals surface area contributed by atoms with Crippen molar-refractivity contribution in [3.05, 3.63) is 48.1 Å². The quantitative estimate of drug-likeness (QED) is 0.335. The maximum absolute atomic E-state index is 6.22. The molecule has 0 saturated carbocycles. The molecule has 26 heavy (non-hydrogen) atoms. The third kappa shape index (κ3) is 5.34.